The molecule has 2 N–H and O–H groups in total. The molecule has 1 fully saturated rings. The number of aliphatic imine (C=N–C) groups is 1. The summed E-state index contributed by atoms with van der Waals surface area (Å²) in [6, 6.07) is 0.437. The predicted molar refractivity (Wildman–Crippen MR) is 112 cm³/mol. The maximum absolute atomic E-state index is 5.49. The molecule has 0 saturated carbocycles. The number of aromatic nitrogens is 2. The van der Waals surface area contributed by atoms with Crippen LogP contribution in [0.2, 0.25) is 0 Å². The van der Waals surface area contributed by atoms with Gasteiger partial charge in [-0.05, 0) is 19.3 Å². The minimum atomic E-state index is 0.295. The topological polar surface area (TPSA) is 87.8 Å². The Bertz CT molecular complexity index is 581. The van der Waals surface area contributed by atoms with Gasteiger partial charge in [-0.3, -0.25) is 9.89 Å². The number of morpholine rings is 1. The molecule has 0 aromatic carbocycles. The van der Waals surface area contributed by atoms with Gasteiger partial charge in [-0.25, -0.2) is 0 Å². The highest BCUT2D eigenvalue weighted by Gasteiger charge is 2.23. The van der Waals surface area contributed by atoms with Crippen LogP contribution in [0.5, 0.6) is 0 Å². The van der Waals surface area contributed by atoms with Crippen LogP contribution in [0.3, 0.4) is 0 Å². The van der Waals surface area contributed by atoms with Gasteiger partial charge in [-0.1, -0.05) is 32.9 Å². The lowest BCUT2D eigenvalue weighted by Gasteiger charge is -2.36. The summed E-state index contributed by atoms with van der Waals surface area (Å²) in [6.07, 6.45) is 1.69. The smallest absolute Gasteiger partial charge is 0.226 e. The Morgan fingerprint density at radius 2 is 1.93 bits per heavy atom. The highest BCUT2D eigenvalue weighted by atomic mass is 16.5. The maximum Gasteiger partial charge on any atom is 0.226 e. The van der Waals surface area contributed by atoms with E-state index in [9.17, 15) is 0 Å². The first kappa shape index (κ1) is 22.6. The van der Waals surface area contributed by atoms with Gasteiger partial charge in [0.05, 0.1) is 19.8 Å². The molecular weight excluding hydrogens is 356 g/mol. The molecule has 0 spiro atoms. The number of nitrogens with one attached hydrogen (secondary N) is 2. The van der Waals surface area contributed by atoms with E-state index < -0.39 is 0 Å². The van der Waals surface area contributed by atoms with Crippen LogP contribution in [0, 0.1) is 5.92 Å². The molecule has 1 aromatic rings. The van der Waals surface area contributed by atoms with E-state index in [1.807, 2.05) is 0 Å². The molecule has 0 bridgehead atoms. The van der Waals surface area contributed by atoms with Crippen molar-refractivity contribution in [2.75, 3.05) is 45.9 Å². The summed E-state index contributed by atoms with van der Waals surface area (Å²) >= 11 is 0. The molecule has 8 nitrogen and oxygen atoms in total. The summed E-state index contributed by atoms with van der Waals surface area (Å²) in [5, 5.41) is 10.8. The molecule has 1 unspecified atom stereocenters. The first-order valence-electron chi connectivity index (χ1n) is 10.7. The van der Waals surface area contributed by atoms with Crippen LogP contribution in [0.4, 0.5) is 0 Å². The van der Waals surface area contributed by atoms with Gasteiger partial charge in [-0.15, -0.1) is 0 Å². The normalized spacial score (nSPS) is 17.3. The molecule has 0 amide bonds. The summed E-state index contributed by atoms with van der Waals surface area (Å²) in [5.74, 6) is 3.20. The van der Waals surface area contributed by atoms with Crippen molar-refractivity contribution in [2.24, 2.45) is 10.9 Å². The third-order valence-corrected chi connectivity index (χ3v) is 4.92. The second kappa shape index (κ2) is 12.0. The van der Waals surface area contributed by atoms with Crippen LogP contribution in [-0.4, -0.2) is 73.0 Å². The maximum atomic E-state index is 5.49. The average molecular weight is 395 g/mol. The van der Waals surface area contributed by atoms with Crippen molar-refractivity contribution in [3.63, 3.8) is 0 Å². The van der Waals surface area contributed by atoms with Crippen LogP contribution in [0.15, 0.2) is 9.52 Å². The van der Waals surface area contributed by atoms with E-state index in [2.05, 4.69) is 60.3 Å². The Morgan fingerprint density at radius 3 is 2.54 bits per heavy atom. The van der Waals surface area contributed by atoms with Gasteiger partial charge in [0, 0.05) is 44.6 Å². The number of hydrogen-bond donors (Lipinski definition) is 2. The lowest BCUT2D eigenvalue weighted by molar-refractivity contribution is 0.00867. The van der Waals surface area contributed by atoms with Gasteiger partial charge in [0.1, 0.15) is 0 Å². The van der Waals surface area contributed by atoms with Gasteiger partial charge in [-0.2, -0.15) is 4.98 Å². The highest BCUT2D eigenvalue weighted by molar-refractivity contribution is 5.79. The van der Waals surface area contributed by atoms with Crippen LogP contribution in [0.25, 0.3) is 0 Å². The van der Waals surface area contributed by atoms with Crippen LogP contribution in [0.1, 0.15) is 58.7 Å². The number of aryl methyl sites for hydroxylation is 1. The van der Waals surface area contributed by atoms with Crippen LogP contribution < -0.4 is 10.6 Å². The largest absolute Gasteiger partial charge is 0.379 e. The van der Waals surface area contributed by atoms with Crippen molar-refractivity contribution in [3.05, 3.63) is 11.7 Å². The van der Waals surface area contributed by atoms with E-state index in [-0.39, 0.29) is 0 Å². The summed E-state index contributed by atoms with van der Waals surface area (Å²) in [4.78, 5) is 11.8. The first-order chi connectivity index (χ1) is 13.5. The zero-order valence-electron chi connectivity index (χ0n) is 18.2. The van der Waals surface area contributed by atoms with Crippen molar-refractivity contribution in [1.82, 2.24) is 25.7 Å². The Morgan fingerprint density at radius 1 is 1.18 bits per heavy atom. The molecule has 1 saturated heterocycles. The number of rotatable bonds is 10. The van der Waals surface area contributed by atoms with E-state index in [0.29, 0.717) is 23.8 Å². The monoisotopic (exact) mass is 394 g/mol. The number of guanidine groups is 1. The first-order valence-corrected chi connectivity index (χ1v) is 10.7. The minimum absolute atomic E-state index is 0.295. The van der Waals surface area contributed by atoms with Crippen molar-refractivity contribution >= 4 is 5.96 Å². The van der Waals surface area contributed by atoms with Crippen molar-refractivity contribution in [3.8, 4) is 0 Å². The second-order valence-electron chi connectivity index (χ2n) is 7.91. The van der Waals surface area contributed by atoms with Crippen molar-refractivity contribution in [2.45, 2.75) is 59.4 Å². The molecule has 1 aromatic heterocycles. The quantitative estimate of drug-likeness (QED) is 0.357. The molecule has 1 aliphatic rings. The summed E-state index contributed by atoms with van der Waals surface area (Å²) in [5.41, 5.74) is 0. The SMILES string of the molecule is CCNC(=NCC(C(C)C)N1CCOCC1)NCCCc1nc(C(C)C)no1. The predicted octanol–water partition coefficient (Wildman–Crippen LogP) is 2.04. The lowest BCUT2D eigenvalue weighted by atomic mass is 10.0. The molecule has 8 heteroatoms. The van der Waals surface area contributed by atoms with E-state index in [4.69, 9.17) is 14.3 Å². The Hall–Kier alpha value is -1.67. The molecule has 1 aliphatic heterocycles. The van der Waals surface area contributed by atoms with Crippen LogP contribution in [-0.2, 0) is 11.2 Å². The molecule has 2 rings (SSSR count). The average Bonchev–Trinajstić information content (AvgIpc) is 3.15. The summed E-state index contributed by atoms with van der Waals surface area (Å²) in [7, 11) is 0. The lowest BCUT2D eigenvalue weighted by Crippen LogP contribution is -2.48. The molecule has 1 atom stereocenters. The van der Waals surface area contributed by atoms with E-state index in [0.717, 1.165) is 70.6 Å². The fourth-order valence-electron chi connectivity index (χ4n) is 3.23. The number of nitrogens with zero attached hydrogens (tertiary/aromatic N) is 4. The number of hydrogen-bond acceptors (Lipinski definition) is 6. The van der Waals surface area contributed by atoms with Gasteiger partial charge < -0.3 is 19.9 Å². The summed E-state index contributed by atoms with van der Waals surface area (Å²) < 4.78 is 10.8. The zero-order valence-corrected chi connectivity index (χ0v) is 18.2. The molecule has 28 heavy (non-hydrogen) atoms. The fourth-order valence-corrected chi connectivity index (χ4v) is 3.23. The molecule has 160 valence electrons. The third kappa shape index (κ3) is 7.39. The Labute approximate surface area is 169 Å². The zero-order chi connectivity index (χ0) is 20.4. The van der Waals surface area contributed by atoms with Gasteiger partial charge in [0.15, 0.2) is 11.8 Å². The van der Waals surface area contributed by atoms with Gasteiger partial charge in [0.2, 0.25) is 5.89 Å². The van der Waals surface area contributed by atoms with Gasteiger partial charge >= 0.3 is 0 Å². The van der Waals surface area contributed by atoms with Gasteiger partial charge in [0.25, 0.3) is 0 Å². The van der Waals surface area contributed by atoms with E-state index >= 15 is 0 Å². The van der Waals surface area contributed by atoms with Crippen molar-refractivity contribution in [1.29, 1.82) is 0 Å². The molecular formula is C20H38N6O2. The van der Waals surface area contributed by atoms with Crippen LogP contribution >= 0.6 is 0 Å². The second-order valence-corrected chi connectivity index (χ2v) is 7.91. The fraction of sp³-hybridized carbons (Fsp3) is 0.850. The molecule has 0 radical (unpaired) electrons. The Balaban J connectivity index is 1.81. The minimum Gasteiger partial charge on any atom is -0.379 e. The number of ether oxygens (including phenoxy) is 1. The van der Waals surface area contributed by atoms with Crippen molar-refractivity contribution < 1.29 is 9.26 Å². The third-order valence-electron chi connectivity index (χ3n) is 4.92. The molecule has 0 aliphatic carbocycles. The highest BCUT2D eigenvalue weighted by Crippen LogP contribution is 2.13. The Kier molecular flexibility index (Phi) is 9.70. The van der Waals surface area contributed by atoms with E-state index in [1.165, 1.54) is 0 Å². The summed E-state index contributed by atoms with van der Waals surface area (Å²) in [6.45, 7) is 16.8. The van der Waals surface area contributed by atoms with E-state index in [1.54, 1.807) is 0 Å². The standard InChI is InChI=1S/C20H38N6O2/c1-6-21-20(22-9-7-8-18-24-19(16(4)5)25-28-18)23-14-17(15(2)3)26-10-12-27-13-11-26/h15-17H,6-14H2,1-5H3,(H2,21,22,23). The molecule has 2 heterocycles.